The van der Waals surface area contributed by atoms with Crippen molar-refractivity contribution in [2.24, 2.45) is 0 Å². The molecular weight excluding hydrogens is 314 g/mol. The summed E-state index contributed by atoms with van der Waals surface area (Å²) in [6, 6.07) is 15.0. The number of aromatic nitrogens is 2. The zero-order chi connectivity index (χ0) is 17.2. The van der Waals surface area contributed by atoms with E-state index >= 15 is 0 Å². The van der Waals surface area contributed by atoms with Crippen LogP contribution in [0.1, 0.15) is 47.0 Å². The van der Waals surface area contributed by atoms with Gasteiger partial charge in [0.15, 0.2) is 0 Å². The molecule has 2 aromatic carbocycles. The van der Waals surface area contributed by atoms with Gasteiger partial charge in [-0.05, 0) is 43.5 Å². The van der Waals surface area contributed by atoms with E-state index in [-0.39, 0.29) is 5.91 Å². The third kappa shape index (κ3) is 3.18. The predicted octanol–water partition coefficient (Wildman–Crippen LogP) is 4.56. The van der Waals surface area contributed by atoms with Gasteiger partial charge in [-0.15, -0.1) is 0 Å². The van der Waals surface area contributed by atoms with Crippen LogP contribution in [0.15, 0.2) is 53.1 Å². The topological polar surface area (TPSA) is 68.0 Å². The van der Waals surface area contributed by atoms with Gasteiger partial charge in [0, 0.05) is 22.7 Å². The molecule has 1 N–H and O–H groups in total. The molecule has 1 amide bonds. The second kappa shape index (κ2) is 6.51. The van der Waals surface area contributed by atoms with Crippen LogP contribution >= 0.6 is 0 Å². The van der Waals surface area contributed by atoms with Crippen molar-refractivity contribution in [3.8, 4) is 11.4 Å². The van der Waals surface area contributed by atoms with Crippen molar-refractivity contribution < 1.29 is 9.32 Å². The van der Waals surface area contributed by atoms with Crippen LogP contribution in [-0.2, 0) is 0 Å². The van der Waals surface area contributed by atoms with Gasteiger partial charge >= 0.3 is 0 Å². The number of benzene rings is 2. The SMILES string of the molecule is Cc1ccccc1NC(=O)c1cccc(-c2noc(C3CCC3)n2)c1. The maximum Gasteiger partial charge on any atom is 0.255 e. The number of rotatable bonds is 4. The molecule has 5 nitrogen and oxygen atoms in total. The Morgan fingerprint density at radius 1 is 1.16 bits per heavy atom. The lowest BCUT2D eigenvalue weighted by Crippen LogP contribution is -2.12. The molecule has 1 fully saturated rings. The number of carbonyl (C=O) groups is 1. The molecule has 4 rings (SSSR count). The van der Waals surface area contributed by atoms with Gasteiger partial charge in [-0.2, -0.15) is 4.98 Å². The maximum atomic E-state index is 12.5. The predicted molar refractivity (Wildman–Crippen MR) is 95.5 cm³/mol. The molecule has 5 heteroatoms. The standard InChI is InChI=1S/C20H19N3O2/c1-13-6-2-3-11-17(13)21-19(24)16-10-5-9-15(12-16)18-22-20(25-23-18)14-7-4-8-14/h2-3,5-6,9-12,14H,4,7-8H2,1H3,(H,21,24). The fourth-order valence-corrected chi connectivity index (χ4v) is 2.88. The molecule has 1 heterocycles. The molecule has 3 aromatic rings. The Hall–Kier alpha value is -2.95. The highest BCUT2D eigenvalue weighted by Gasteiger charge is 2.25. The second-order valence-corrected chi connectivity index (χ2v) is 6.43. The lowest BCUT2D eigenvalue weighted by atomic mass is 9.85. The molecule has 1 aliphatic rings. The zero-order valence-corrected chi connectivity index (χ0v) is 14.0. The lowest BCUT2D eigenvalue weighted by Gasteiger charge is -2.20. The highest BCUT2D eigenvalue weighted by Crippen LogP contribution is 2.36. The summed E-state index contributed by atoms with van der Waals surface area (Å²) in [5, 5.41) is 7.01. The number of hydrogen-bond acceptors (Lipinski definition) is 4. The molecule has 1 aromatic heterocycles. The summed E-state index contributed by atoms with van der Waals surface area (Å²) in [7, 11) is 0. The average Bonchev–Trinajstić information content (AvgIpc) is 3.05. The van der Waals surface area contributed by atoms with Crippen LogP contribution in [0.25, 0.3) is 11.4 Å². The summed E-state index contributed by atoms with van der Waals surface area (Å²) >= 11 is 0. The molecular formula is C20H19N3O2. The molecule has 1 saturated carbocycles. The van der Waals surface area contributed by atoms with Crippen molar-refractivity contribution in [2.45, 2.75) is 32.1 Å². The number of anilines is 1. The Bertz CT molecular complexity index is 913. The normalized spacial score (nSPS) is 14.1. The fourth-order valence-electron chi connectivity index (χ4n) is 2.88. The van der Waals surface area contributed by atoms with Crippen molar-refractivity contribution >= 4 is 11.6 Å². The summed E-state index contributed by atoms with van der Waals surface area (Å²) in [6.07, 6.45) is 3.44. The number of nitrogens with one attached hydrogen (secondary N) is 1. The van der Waals surface area contributed by atoms with Gasteiger partial charge < -0.3 is 9.84 Å². The summed E-state index contributed by atoms with van der Waals surface area (Å²) in [4.78, 5) is 17.0. The molecule has 0 radical (unpaired) electrons. The Balaban J connectivity index is 1.55. The molecule has 126 valence electrons. The Morgan fingerprint density at radius 2 is 2.00 bits per heavy atom. The van der Waals surface area contributed by atoms with Crippen LogP contribution in [0.3, 0.4) is 0 Å². The third-order valence-electron chi connectivity index (χ3n) is 4.67. The molecule has 0 saturated heterocycles. The number of para-hydroxylation sites is 1. The van der Waals surface area contributed by atoms with E-state index in [4.69, 9.17) is 4.52 Å². The van der Waals surface area contributed by atoms with Gasteiger partial charge in [-0.25, -0.2) is 0 Å². The number of nitrogens with zero attached hydrogens (tertiary/aromatic N) is 2. The van der Waals surface area contributed by atoms with Crippen LogP contribution in [-0.4, -0.2) is 16.0 Å². The van der Waals surface area contributed by atoms with E-state index in [1.807, 2.05) is 43.3 Å². The first-order chi connectivity index (χ1) is 12.2. The van der Waals surface area contributed by atoms with E-state index in [1.165, 1.54) is 6.42 Å². The molecule has 0 spiro atoms. The van der Waals surface area contributed by atoms with Gasteiger partial charge in [0.05, 0.1) is 0 Å². The van der Waals surface area contributed by atoms with Gasteiger partial charge in [-0.3, -0.25) is 4.79 Å². The van der Waals surface area contributed by atoms with E-state index in [0.29, 0.717) is 23.2 Å². The lowest BCUT2D eigenvalue weighted by molar-refractivity contribution is 0.102. The van der Waals surface area contributed by atoms with Gasteiger partial charge in [-0.1, -0.05) is 41.9 Å². The summed E-state index contributed by atoms with van der Waals surface area (Å²) in [6.45, 7) is 1.97. The highest BCUT2D eigenvalue weighted by atomic mass is 16.5. The summed E-state index contributed by atoms with van der Waals surface area (Å²) in [5.74, 6) is 1.48. The fraction of sp³-hybridized carbons (Fsp3) is 0.250. The minimum atomic E-state index is -0.154. The van der Waals surface area contributed by atoms with E-state index in [1.54, 1.807) is 12.1 Å². The van der Waals surface area contributed by atoms with Crippen LogP contribution in [0, 0.1) is 6.92 Å². The van der Waals surface area contributed by atoms with Crippen molar-refractivity contribution in [1.82, 2.24) is 10.1 Å². The summed E-state index contributed by atoms with van der Waals surface area (Å²) < 4.78 is 5.37. The van der Waals surface area contributed by atoms with Crippen LogP contribution in [0.4, 0.5) is 5.69 Å². The third-order valence-corrected chi connectivity index (χ3v) is 4.67. The first-order valence-electron chi connectivity index (χ1n) is 8.52. The number of amides is 1. The van der Waals surface area contributed by atoms with Gasteiger partial charge in [0.25, 0.3) is 5.91 Å². The summed E-state index contributed by atoms with van der Waals surface area (Å²) in [5.41, 5.74) is 3.18. The first kappa shape index (κ1) is 15.6. The van der Waals surface area contributed by atoms with E-state index in [2.05, 4.69) is 15.5 Å². The molecule has 0 aliphatic heterocycles. The van der Waals surface area contributed by atoms with Crippen molar-refractivity contribution in [3.63, 3.8) is 0 Å². The largest absolute Gasteiger partial charge is 0.339 e. The van der Waals surface area contributed by atoms with Crippen LogP contribution in [0.5, 0.6) is 0 Å². The van der Waals surface area contributed by atoms with Crippen LogP contribution in [0.2, 0.25) is 0 Å². The minimum Gasteiger partial charge on any atom is -0.339 e. The zero-order valence-electron chi connectivity index (χ0n) is 14.0. The maximum absolute atomic E-state index is 12.5. The van der Waals surface area contributed by atoms with Crippen LogP contribution < -0.4 is 5.32 Å². The quantitative estimate of drug-likeness (QED) is 0.759. The Labute approximate surface area is 146 Å². The Kier molecular flexibility index (Phi) is 4.06. The molecule has 0 atom stereocenters. The van der Waals surface area contributed by atoms with Crippen molar-refractivity contribution in [1.29, 1.82) is 0 Å². The number of hydrogen-bond donors (Lipinski definition) is 1. The van der Waals surface area contributed by atoms with Crippen molar-refractivity contribution in [3.05, 3.63) is 65.5 Å². The van der Waals surface area contributed by atoms with E-state index in [9.17, 15) is 4.79 Å². The minimum absolute atomic E-state index is 0.154. The monoisotopic (exact) mass is 333 g/mol. The van der Waals surface area contributed by atoms with Crippen molar-refractivity contribution in [2.75, 3.05) is 5.32 Å². The second-order valence-electron chi connectivity index (χ2n) is 6.43. The van der Waals surface area contributed by atoms with E-state index < -0.39 is 0 Å². The molecule has 1 aliphatic carbocycles. The number of carbonyl (C=O) groups excluding carboxylic acids is 1. The highest BCUT2D eigenvalue weighted by molar-refractivity contribution is 6.05. The number of aryl methyl sites for hydroxylation is 1. The first-order valence-corrected chi connectivity index (χ1v) is 8.52. The molecule has 0 unspecified atom stereocenters. The Morgan fingerprint density at radius 3 is 2.76 bits per heavy atom. The average molecular weight is 333 g/mol. The van der Waals surface area contributed by atoms with Gasteiger partial charge in [0.1, 0.15) is 0 Å². The molecule has 0 bridgehead atoms. The smallest absolute Gasteiger partial charge is 0.255 e. The van der Waals surface area contributed by atoms with E-state index in [0.717, 1.165) is 29.7 Å². The van der Waals surface area contributed by atoms with Gasteiger partial charge in [0.2, 0.25) is 11.7 Å². The molecule has 25 heavy (non-hydrogen) atoms.